The van der Waals surface area contributed by atoms with E-state index in [1.54, 1.807) is 17.5 Å². The van der Waals surface area contributed by atoms with Gasteiger partial charge >= 0.3 is 0 Å². The summed E-state index contributed by atoms with van der Waals surface area (Å²) in [7, 11) is 3.86. The zero-order chi connectivity index (χ0) is 6.69. The fourth-order valence-electron chi connectivity index (χ4n) is 0.470. The number of hydrogen-bond acceptors (Lipinski definition) is 4. The molecular weight excluding hydrogens is 134 g/mol. The largest absolute Gasteiger partial charge is 0.295 e. The molecule has 4 heteroatoms. The number of hydrogen-bond donors (Lipinski definition) is 1. The van der Waals surface area contributed by atoms with Gasteiger partial charge in [-0.25, -0.2) is 9.99 Å². The highest BCUT2D eigenvalue weighted by Crippen LogP contribution is 2.09. The standard InChI is InChI=1S/C5H9N3S/c1-8(2)7-5-6-3-4-9-5/h3-4H,1-2H3,(H,6,7). The van der Waals surface area contributed by atoms with Crippen LogP contribution in [-0.4, -0.2) is 24.1 Å². The van der Waals surface area contributed by atoms with Gasteiger partial charge in [0, 0.05) is 25.7 Å². The molecule has 0 bridgehead atoms. The molecular formula is C5H9N3S. The van der Waals surface area contributed by atoms with Gasteiger partial charge in [0.2, 0.25) is 0 Å². The molecule has 1 heterocycles. The Kier molecular flexibility index (Phi) is 2.02. The third-order valence-corrected chi connectivity index (χ3v) is 1.43. The Morgan fingerprint density at radius 1 is 1.67 bits per heavy atom. The van der Waals surface area contributed by atoms with Gasteiger partial charge in [-0.15, -0.1) is 11.3 Å². The summed E-state index contributed by atoms with van der Waals surface area (Å²) in [5, 5.41) is 4.73. The highest BCUT2D eigenvalue weighted by molar-refractivity contribution is 7.13. The molecule has 3 nitrogen and oxygen atoms in total. The molecule has 0 amide bonds. The molecule has 0 aliphatic heterocycles. The Morgan fingerprint density at radius 3 is 2.89 bits per heavy atom. The van der Waals surface area contributed by atoms with Crippen molar-refractivity contribution in [3.63, 3.8) is 0 Å². The van der Waals surface area contributed by atoms with Gasteiger partial charge in [0.05, 0.1) is 0 Å². The molecule has 1 N–H and O–H groups in total. The number of thiazole rings is 1. The molecule has 0 aliphatic rings. The van der Waals surface area contributed by atoms with E-state index in [1.165, 1.54) is 0 Å². The Bertz CT molecular complexity index is 159. The van der Waals surface area contributed by atoms with Crippen molar-refractivity contribution < 1.29 is 0 Å². The van der Waals surface area contributed by atoms with Crippen molar-refractivity contribution in [3.05, 3.63) is 11.6 Å². The second-order valence-corrected chi connectivity index (χ2v) is 2.74. The SMILES string of the molecule is CN(C)Nc1nccs1. The molecule has 0 spiro atoms. The van der Waals surface area contributed by atoms with Crippen LogP contribution >= 0.6 is 11.3 Å². The summed E-state index contributed by atoms with van der Waals surface area (Å²) < 4.78 is 0. The smallest absolute Gasteiger partial charge is 0.197 e. The van der Waals surface area contributed by atoms with Crippen LogP contribution in [0.1, 0.15) is 0 Å². The maximum Gasteiger partial charge on any atom is 0.197 e. The lowest BCUT2D eigenvalue weighted by molar-refractivity contribution is 0.495. The first-order valence-corrected chi connectivity index (χ1v) is 3.50. The molecule has 1 aromatic heterocycles. The molecule has 0 saturated carbocycles. The summed E-state index contributed by atoms with van der Waals surface area (Å²) in [4.78, 5) is 4.02. The lowest BCUT2D eigenvalue weighted by Crippen LogP contribution is -2.19. The molecule has 50 valence electrons. The third-order valence-electron chi connectivity index (χ3n) is 0.752. The van der Waals surface area contributed by atoms with E-state index in [1.807, 2.05) is 24.5 Å². The van der Waals surface area contributed by atoms with E-state index in [2.05, 4.69) is 10.4 Å². The van der Waals surface area contributed by atoms with Crippen LogP contribution in [0.2, 0.25) is 0 Å². The number of nitrogens with one attached hydrogen (secondary N) is 1. The molecule has 0 aromatic carbocycles. The minimum atomic E-state index is 0.931. The highest BCUT2D eigenvalue weighted by atomic mass is 32.1. The van der Waals surface area contributed by atoms with Crippen LogP contribution in [-0.2, 0) is 0 Å². The summed E-state index contributed by atoms with van der Waals surface area (Å²) in [5.41, 5.74) is 3.03. The van der Waals surface area contributed by atoms with Gasteiger partial charge in [-0.05, 0) is 0 Å². The first kappa shape index (κ1) is 6.51. The monoisotopic (exact) mass is 143 g/mol. The minimum Gasteiger partial charge on any atom is -0.295 e. The number of rotatable bonds is 2. The predicted molar refractivity (Wildman–Crippen MR) is 39.4 cm³/mol. The third kappa shape index (κ3) is 1.99. The van der Waals surface area contributed by atoms with Crippen molar-refractivity contribution in [1.29, 1.82) is 0 Å². The van der Waals surface area contributed by atoms with Gasteiger partial charge in [0.15, 0.2) is 5.13 Å². The quantitative estimate of drug-likeness (QED) is 0.627. The fraction of sp³-hybridized carbons (Fsp3) is 0.400. The van der Waals surface area contributed by atoms with Crippen molar-refractivity contribution in [1.82, 2.24) is 9.99 Å². The highest BCUT2D eigenvalue weighted by Gasteiger charge is 1.91. The zero-order valence-corrected chi connectivity index (χ0v) is 6.27. The topological polar surface area (TPSA) is 28.2 Å². The van der Waals surface area contributed by atoms with Crippen molar-refractivity contribution in [2.45, 2.75) is 0 Å². The van der Waals surface area contributed by atoms with Crippen LogP contribution in [0, 0.1) is 0 Å². The second-order valence-electron chi connectivity index (χ2n) is 1.84. The van der Waals surface area contributed by atoms with Crippen LogP contribution in [0.15, 0.2) is 11.6 Å². The average molecular weight is 143 g/mol. The Labute approximate surface area is 58.3 Å². The summed E-state index contributed by atoms with van der Waals surface area (Å²) in [6.07, 6.45) is 1.77. The summed E-state index contributed by atoms with van der Waals surface area (Å²) >= 11 is 1.59. The molecule has 0 unspecified atom stereocenters. The molecule has 0 aliphatic carbocycles. The van der Waals surface area contributed by atoms with Crippen molar-refractivity contribution in [2.75, 3.05) is 19.5 Å². The predicted octanol–water partition coefficient (Wildman–Crippen LogP) is 1.03. The number of aromatic nitrogens is 1. The van der Waals surface area contributed by atoms with Gasteiger partial charge < -0.3 is 0 Å². The number of anilines is 1. The van der Waals surface area contributed by atoms with E-state index in [4.69, 9.17) is 0 Å². The molecule has 1 aromatic rings. The molecule has 1 rings (SSSR count). The molecule has 0 saturated heterocycles. The van der Waals surface area contributed by atoms with Gasteiger partial charge in [-0.1, -0.05) is 0 Å². The van der Waals surface area contributed by atoms with Crippen molar-refractivity contribution >= 4 is 16.5 Å². The van der Waals surface area contributed by atoms with Crippen LogP contribution in [0.3, 0.4) is 0 Å². The fourth-order valence-corrected chi connectivity index (χ4v) is 1.08. The first-order valence-electron chi connectivity index (χ1n) is 2.62. The Morgan fingerprint density at radius 2 is 2.44 bits per heavy atom. The van der Waals surface area contributed by atoms with E-state index >= 15 is 0 Å². The molecule has 0 atom stereocenters. The van der Waals surface area contributed by atoms with Gasteiger partial charge in [0.1, 0.15) is 0 Å². The lowest BCUT2D eigenvalue weighted by Gasteiger charge is -2.08. The second kappa shape index (κ2) is 2.80. The Hall–Kier alpha value is -0.610. The first-order chi connectivity index (χ1) is 4.29. The van der Waals surface area contributed by atoms with E-state index in [-0.39, 0.29) is 0 Å². The molecule has 9 heavy (non-hydrogen) atoms. The summed E-state index contributed by atoms with van der Waals surface area (Å²) in [6, 6.07) is 0. The summed E-state index contributed by atoms with van der Waals surface area (Å²) in [5.74, 6) is 0. The van der Waals surface area contributed by atoms with Gasteiger partial charge in [0.25, 0.3) is 0 Å². The minimum absolute atomic E-state index is 0.931. The molecule has 0 radical (unpaired) electrons. The molecule has 0 fully saturated rings. The Balaban J connectivity index is 2.48. The number of hydrazine groups is 1. The van der Waals surface area contributed by atoms with E-state index in [0.717, 1.165) is 5.13 Å². The maximum absolute atomic E-state index is 4.02. The van der Waals surface area contributed by atoms with Crippen LogP contribution < -0.4 is 5.43 Å². The van der Waals surface area contributed by atoms with Crippen molar-refractivity contribution in [3.8, 4) is 0 Å². The zero-order valence-electron chi connectivity index (χ0n) is 5.46. The number of nitrogens with zero attached hydrogens (tertiary/aromatic N) is 2. The van der Waals surface area contributed by atoms with E-state index in [0.29, 0.717) is 0 Å². The summed E-state index contributed by atoms with van der Waals surface area (Å²) in [6.45, 7) is 0. The van der Waals surface area contributed by atoms with Crippen LogP contribution in [0.25, 0.3) is 0 Å². The van der Waals surface area contributed by atoms with Gasteiger partial charge in [-0.3, -0.25) is 5.43 Å². The van der Waals surface area contributed by atoms with E-state index < -0.39 is 0 Å². The van der Waals surface area contributed by atoms with Crippen LogP contribution in [0.5, 0.6) is 0 Å². The lowest BCUT2D eigenvalue weighted by atomic mass is 11.0. The maximum atomic E-state index is 4.02. The van der Waals surface area contributed by atoms with Gasteiger partial charge in [-0.2, -0.15) is 0 Å². The average Bonchev–Trinajstić information content (AvgIpc) is 2.15. The normalized spacial score (nSPS) is 10.1. The van der Waals surface area contributed by atoms with Crippen molar-refractivity contribution in [2.24, 2.45) is 0 Å². The van der Waals surface area contributed by atoms with E-state index in [9.17, 15) is 0 Å². The van der Waals surface area contributed by atoms with Crippen LogP contribution in [0.4, 0.5) is 5.13 Å².